The lowest BCUT2D eigenvalue weighted by molar-refractivity contribution is -0.140. The van der Waals surface area contributed by atoms with Crippen molar-refractivity contribution in [3.63, 3.8) is 0 Å². The molecule has 0 aliphatic carbocycles. The van der Waals surface area contributed by atoms with E-state index in [9.17, 15) is 9.90 Å². The minimum Gasteiger partial charge on any atom is -0.480 e. The van der Waals surface area contributed by atoms with Crippen LogP contribution in [0.4, 0.5) is 0 Å². The Bertz CT molecular complexity index is 689. The second-order valence-electron chi connectivity index (χ2n) is 6.59. The normalized spacial score (nSPS) is 12.5. The van der Waals surface area contributed by atoms with Gasteiger partial charge in [-0.2, -0.15) is 0 Å². The van der Waals surface area contributed by atoms with E-state index in [1.54, 1.807) is 22.7 Å². The number of hydrogen-bond acceptors (Lipinski definition) is 5. The quantitative estimate of drug-likeness (QED) is 0.297. The Labute approximate surface area is 159 Å². The number of carboxylic acid groups (broad SMARTS) is 1. The highest BCUT2D eigenvalue weighted by molar-refractivity contribution is 7.99. The van der Waals surface area contributed by atoms with Crippen LogP contribution in [0.5, 0.6) is 0 Å². The summed E-state index contributed by atoms with van der Waals surface area (Å²) in [6.07, 6.45) is 14.0. The van der Waals surface area contributed by atoms with Gasteiger partial charge in [-0.05, 0) is 18.6 Å². The van der Waals surface area contributed by atoms with Crippen molar-refractivity contribution in [3.05, 3.63) is 12.7 Å². The van der Waals surface area contributed by atoms with Crippen LogP contribution in [0.25, 0.3) is 11.2 Å². The standard InChI is InChI=1S/C19H30N4O2S/c1-3-5-6-7-8-9-10-11-12-26-18-16-17(20-13-21-18)23(14-22-16)15(4-2)19(24)25/h13-15H,3-12H2,1-2H3,(H,24,25). The van der Waals surface area contributed by atoms with Gasteiger partial charge in [-0.15, -0.1) is 11.8 Å². The molecule has 0 amide bonds. The first-order chi connectivity index (χ1) is 12.7. The van der Waals surface area contributed by atoms with E-state index in [0.717, 1.165) is 17.2 Å². The molecule has 0 spiro atoms. The number of aliphatic carboxylic acids is 1. The third kappa shape index (κ3) is 5.69. The second kappa shape index (κ2) is 11.2. The molecule has 2 aromatic heterocycles. The fourth-order valence-electron chi connectivity index (χ4n) is 3.06. The summed E-state index contributed by atoms with van der Waals surface area (Å²) in [7, 11) is 0. The Kier molecular flexibility index (Phi) is 8.88. The van der Waals surface area contributed by atoms with Crippen molar-refractivity contribution in [2.24, 2.45) is 0 Å². The topological polar surface area (TPSA) is 80.9 Å². The molecule has 26 heavy (non-hydrogen) atoms. The monoisotopic (exact) mass is 378 g/mol. The van der Waals surface area contributed by atoms with Crippen LogP contribution >= 0.6 is 11.8 Å². The van der Waals surface area contributed by atoms with Gasteiger partial charge in [-0.1, -0.05) is 58.8 Å². The number of carbonyl (C=O) groups is 1. The van der Waals surface area contributed by atoms with Crippen LogP contribution in [0.2, 0.25) is 0 Å². The number of carboxylic acids is 1. The van der Waals surface area contributed by atoms with E-state index in [0.29, 0.717) is 17.6 Å². The lowest BCUT2D eigenvalue weighted by Gasteiger charge is -2.11. The summed E-state index contributed by atoms with van der Waals surface area (Å²) in [6, 6.07) is -0.638. The Balaban J connectivity index is 1.85. The van der Waals surface area contributed by atoms with Gasteiger partial charge >= 0.3 is 5.97 Å². The number of rotatable bonds is 13. The maximum absolute atomic E-state index is 11.4. The molecule has 7 heteroatoms. The molecule has 0 aliphatic rings. The van der Waals surface area contributed by atoms with Crippen LogP contribution in [0.1, 0.15) is 77.7 Å². The van der Waals surface area contributed by atoms with E-state index in [-0.39, 0.29) is 0 Å². The highest BCUT2D eigenvalue weighted by Gasteiger charge is 2.21. The molecule has 6 nitrogen and oxygen atoms in total. The summed E-state index contributed by atoms with van der Waals surface area (Å²) in [6.45, 7) is 4.10. The molecule has 0 radical (unpaired) electrons. The summed E-state index contributed by atoms with van der Waals surface area (Å²) in [4.78, 5) is 24.4. The van der Waals surface area contributed by atoms with Crippen molar-refractivity contribution in [2.75, 3.05) is 5.75 Å². The number of hydrogen-bond donors (Lipinski definition) is 1. The predicted octanol–water partition coefficient (Wildman–Crippen LogP) is 5.09. The molecule has 0 aromatic carbocycles. The summed E-state index contributed by atoms with van der Waals surface area (Å²) >= 11 is 1.69. The van der Waals surface area contributed by atoms with Crippen molar-refractivity contribution in [3.8, 4) is 0 Å². The Morgan fingerprint density at radius 1 is 1.08 bits per heavy atom. The molecule has 0 fully saturated rings. The molecule has 0 aliphatic heterocycles. The fourth-order valence-corrected chi connectivity index (χ4v) is 4.00. The third-order valence-corrected chi connectivity index (χ3v) is 5.63. The van der Waals surface area contributed by atoms with E-state index in [1.165, 1.54) is 51.3 Å². The minimum absolute atomic E-state index is 0.492. The first-order valence-electron chi connectivity index (χ1n) is 9.72. The lowest BCUT2D eigenvalue weighted by Crippen LogP contribution is -2.17. The van der Waals surface area contributed by atoms with Crippen LogP contribution in [0.15, 0.2) is 17.7 Å². The maximum atomic E-state index is 11.4. The van der Waals surface area contributed by atoms with E-state index in [1.807, 2.05) is 6.92 Å². The molecule has 1 unspecified atom stereocenters. The fraction of sp³-hybridized carbons (Fsp3) is 0.684. The Morgan fingerprint density at radius 3 is 2.42 bits per heavy atom. The maximum Gasteiger partial charge on any atom is 0.326 e. The molecule has 2 rings (SSSR count). The molecule has 2 heterocycles. The van der Waals surface area contributed by atoms with Gasteiger partial charge in [0.25, 0.3) is 0 Å². The summed E-state index contributed by atoms with van der Waals surface area (Å²) < 4.78 is 1.64. The van der Waals surface area contributed by atoms with Crippen molar-refractivity contribution >= 4 is 28.9 Å². The predicted molar refractivity (Wildman–Crippen MR) is 106 cm³/mol. The zero-order valence-electron chi connectivity index (χ0n) is 15.9. The molecule has 144 valence electrons. The van der Waals surface area contributed by atoms with Gasteiger partial charge in [0.15, 0.2) is 5.65 Å². The molecule has 1 N–H and O–H groups in total. The van der Waals surface area contributed by atoms with Crippen LogP contribution in [0.3, 0.4) is 0 Å². The van der Waals surface area contributed by atoms with Crippen LogP contribution < -0.4 is 0 Å². The summed E-state index contributed by atoms with van der Waals surface area (Å²) in [5.41, 5.74) is 1.31. The summed E-state index contributed by atoms with van der Waals surface area (Å²) in [5, 5.41) is 10.2. The van der Waals surface area contributed by atoms with Gasteiger partial charge in [-0.25, -0.2) is 19.7 Å². The zero-order chi connectivity index (χ0) is 18.8. The van der Waals surface area contributed by atoms with Gasteiger partial charge in [-0.3, -0.25) is 0 Å². The first-order valence-corrected chi connectivity index (χ1v) is 10.7. The number of imidazole rings is 1. The molecule has 0 bridgehead atoms. The lowest BCUT2D eigenvalue weighted by atomic mass is 10.1. The van der Waals surface area contributed by atoms with E-state index in [4.69, 9.17) is 0 Å². The minimum atomic E-state index is -0.862. The number of aromatic nitrogens is 4. The Morgan fingerprint density at radius 2 is 1.77 bits per heavy atom. The Hall–Kier alpha value is -1.63. The van der Waals surface area contributed by atoms with Crippen molar-refractivity contribution in [2.45, 2.75) is 82.7 Å². The SMILES string of the molecule is CCCCCCCCCCSc1ncnc2c1ncn2C(CC)C(=O)O. The molecule has 0 saturated carbocycles. The highest BCUT2D eigenvalue weighted by Crippen LogP contribution is 2.26. The van der Waals surface area contributed by atoms with Crippen LogP contribution in [-0.2, 0) is 4.79 Å². The van der Waals surface area contributed by atoms with Gasteiger partial charge in [0.05, 0.1) is 6.33 Å². The van der Waals surface area contributed by atoms with E-state index >= 15 is 0 Å². The number of nitrogens with zero attached hydrogens (tertiary/aromatic N) is 4. The van der Waals surface area contributed by atoms with Crippen molar-refractivity contribution < 1.29 is 9.90 Å². The molecule has 1 atom stereocenters. The molecular weight excluding hydrogens is 348 g/mol. The average molecular weight is 379 g/mol. The van der Waals surface area contributed by atoms with Gasteiger partial charge in [0, 0.05) is 0 Å². The van der Waals surface area contributed by atoms with Gasteiger partial charge < -0.3 is 9.67 Å². The molecule has 0 saturated heterocycles. The third-order valence-electron chi connectivity index (χ3n) is 4.57. The van der Waals surface area contributed by atoms with Gasteiger partial charge in [0.1, 0.15) is 22.9 Å². The highest BCUT2D eigenvalue weighted by atomic mass is 32.2. The van der Waals surface area contributed by atoms with E-state index < -0.39 is 12.0 Å². The second-order valence-corrected chi connectivity index (χ2v) is 7.67. The number of fused-ring (bicyclic) bond motifs is 1. The summed E-state index contributed by atoms with van der Waals surface area (Å²) in [5.74, 6) is 0.142. The van der Waals surface area contributed by atoms with Crippen molar-refractivity contribution in [1.29, 1.82) is 0 Å². The average Bonchev–Trinajstić information content (AvgIpc) is 3.05. The first kappa shape index (κ1) is 20.7. The van der Waals surface area contributed by atoms with Gasteiger partial charge in [0.2, 0.25) is 0 Å². The van der Waals surface area contributed by atoms with Crippen LogP contribution in [-0.4, -0.2) is 36.3 Å². The number of unbranched alkanes of at least 4 members (excludes halogenated alkanes) is 7. The number of thioether (sulfide) groups is 1. The van der Waals surface area contributed by atoms with Crippen LogP contribution in [0, 0.1) is 0 Å². The van der Waals surface area contributed by atoms with E-state index in [2.05, 4.69) is 21.9 Å². The smallest absolute Gasteiger partial charge is 0.326 e. The molecular formula is C19H30N4O2S. The van der Waals surface area contributed by atoms with Crippen molar-refractivity contribution in [1.82, 2.24) is 19.5 Å². The molecule has 2 aromatic rings. The zero-order valence-corrected chi connectivity index (χ0v) is 16.7. The largest absolute Gasteiger partial charge is 0.480 e.